The van der Waals surface area contributed by atoms with Crippen LogP contribution in [0.1, 0.15) is 25.5 Å². The lowest BCUT2D eigenvalue weighted by molar-refractivity contribution is 0.439. The van der Waals surface area contributed by atoms with E-state index in [1.54, 1.807) is 12.1 Å². The smallest absolute Gasteiger partial charge is 0.120 e. The zero-order valence-corrected chi connectivity index (χ0v) is 8.75. The van der Waals surface area contributed by atoms with E-state index in [2.05, 4.69) is 12.6 Å². The van der Waals surface area contributed by atoms with Gasteiger partial charge in [0, 0.05) is 16.5 Å². The van der Waals surface area contributed by atoms with Gasteiger partial charge in [0.1, 0.15) is 5.75 Å². The number of rotatable bonds is 2. The number of hydrogen-bond acceptors (Lipinski definition) is 3. The molecule has 1 rings (SSSR count). The molecule has 0 fully saturated rings. The van der Waals surface area contributed by atoms with E-state index in [9.17, 15) is 5.11 Å². The lowest BCUT2D eigenvalue weighted by atomic mass is 9.96. The molecule has 2 nitrogen and oxygen atoms in total. The van der Waals surface area contributed by atoms with Gasteiger partial charge in [0.2, 0.25) is 0 Å². The van der Waals surface area contributed by atoms with Crippen molar-refractivity contribution in [3.8, 4) is 5.75 Å². The van der Waals surface area contributed by atoms with Gasteiger partial charge < -0.3 is 10.8 Å². The summed E-state index contributed by atoms with van der Waals surface area (Å²) in [5.74, 6) is 0.556. The Hall–Kier alpha value is -0.670. The summed E-state index contributed by atoms with van der Waals surface area (Å²) >= 11 is 4.20. The van der Waals surface area contributed by atoms with Crippen LogP contribution in [0.5, 0.6) is 5.75 Å². The van der Waals surface area contributed by atoms with Crippen molar-refractivity contribution in [2.24, 2.45) is 11.7 Å². The van der Waals surface area contributed by atoms with Crippen LogP contribution < -0.4 is 5.73 Å². The molecule has 0 radical (unpaired) electrons. The molecule has 3 N–H and O–H groups in total. The fraction of sp³-hybridized carbons (Fsp3) is 0.400. The second kappa shape index (κ2) is 4.03. The van der Waals surface area contributed by atoms with Crippen LogP contribution in [-0.4, -0.2) is 5.11 Å². The Bertz CT molecular complexity index is 299. The summed E-state index contributed by atoms with van der Waals surface area (Å²) in [6, 6.07) is 5.05. The maximum absolute atomic E-state index is 9.54. The van der Waals surface area contributed by atoms with E-state index in [1.165, 1.54) is 0 Å². The number of hydrogen-bond donors (Lipinski definition) is 3. The molecule has 0 heterocycles. The monoisotopic (exact) mass is 197 g/mol. The largest absolute Gasteiger partial charge is 0.508 e. The van der Waals surface area contributed by atoms with Crippen molar-refractivity contribution < 1.29 is 5.11 Å². The third kappa shape index (κ3) is 2.39. The molecule has 1 atom stereocenters. The Balaban J connectivity index is 3.05. The second-order valence-corrected chi connectivity index (χ2v) is 4.03. The third-order valence-electron chi connectivity index (χ3n) is 2.09. The van der Waals surface area contributed by atoms with Gasteiger partial charge in [-0.25, -0.2) is 0 Å². The van der Waals surface area contributed by atoms with E-state index >= 15 is 0 Å². The number of benzene rings is 1. The Labute approximate surface area is 84.2 Å². The maximum atomic E-state index is 9.54. The van der Waals surface area contributed by atoms with Crippen molar-refractivity contribution in [3.63, 3.8) is 0 Å². The minimum absolute atomic E-state index is 0.132. The minimum Gasteiger partial charge on any atom is -0.508 e. The van der Waals surface area contributed by atoms with Gasteiger partial charge in [-0.3, -0.25) is 0 Å². The Morgan fingerprint density at radius 3 is 2.54 bits per heavy atom. The first-order chi connectivity index (χ1) is 6.02. The Morgan fingerprint density at radius 1 is 1.38 bits per heavy atom. The first-order valence-corrected chi connectivity index (χ1v) is 4.74. The van der Waals surface area contributed by atoms with Crippen LogP contribution in [0.15, 0.2) is 23.1 Å². The highest BCUT2D eigenvalue weighted by atomic mass is 32.1. The highest BCUT2D eigenvalue weighted by molar-refractivity contribution is 7.80. The van der Waals surface area contributed by atoms with E-state index in [1.807, 2.05) is 19.9 Å². The molecular weight excluding hydrogens is 182 g/mol. The normalized spacial score (nSPS) is 13.3. The standard InChI is InChI=1S/C10H15NOS/c1-6(2)10(11)8-5-7(13)3-4-9(8)12/h3-6,10,12-13H,11H2,1-2H3/t10-/m1/s1. The van der Waals surface area contributed by atoms with E-state index in [0.29, 0.717) is 5.92 Å². The molecule has 0 spiro atoms. The molecule has 0 aromatic heterocycles. The number of phenols is 1. The van der Waals surface area contributed by atoms with E-state index in [-0.39, 0.29) is 11.8 Å². The first kappa shape index (κ1) is 10.4. The molecule has 0 saturated carbocycles. The summed E-state index contributed by atoms with van der Waals surface area (Å²) in [4.78, 5) is 0.823. The number of phenolic OH excluding ortho intramolecular Hbond substituents is 1. The first-order valence-electron chi connectivity index (χ1n) is 4.30. The van der Waals surface area contributed by atoms with Crippen molar-refractivity contribution in [1.29, 1.82) is 0 Å². The number of aromatic hydroxyl groups is 1. The van der Waals surface area contributed by atoms with Crippen LogP contribution >= 0.6 is 12.6 Å². The fourth-order valence-corrected chi connectivity index (χ4v) is 1.38. The summed E-state index contributed by atoms with van der Waals surface area (Å²) in [5, 5.41) is 9.54. The van der Waals surface area contributed by atoms with Crippen LogP contribution in [0.25, 0.3) is 0 Å². The molecule has 0 aliphatic carbocycles. The van der Waals surface area contributed by atoms with Gasteiger partial charge in [-0.2, -0.15) is 0 Å². The molecule has 0 aliphatic rings. The summed E-state index contributed by atoms with van der Waals surface area (Å²) in [6.45, 7) is 4.05. The van der Waals surface area contributed by atoms with Gasteiger partial charge in [-0.1, -0.05) is 13.8 Å². The molecule has 0 unspecified atom stereocenters. The summed E-state index contributed by atoms with van der Waals surface area (Å²) in [5.41, 5.74) is 6.68. The molecular formula is C10H15NOS. The molecule has 1 aromatic carbocycles. The summed E-state index contributed by atoms with van der Waals surface area (Å²) < 4.78 is 0. The number of thiol groups is 1. The van der Waals surface area contributed by atoms with E-state index < -0.39 is 0 Å². The predicted octanol–water partition coefficient (Wildman–Crippen LogP) is 2.34. The SMILES string of the molecule is CC(C)[C@@H](N)c1cc(S)ccc1O. The zero-order chi connectivity index (χ0) is 10.0. The van der Waals surface area contributed by atoms with Gasteiger partial charge in [-0.15, -0.1) is 12.6 Å². The van der Waals surface area contributed by atoms with Gasteiger partial charge in [0.15, 0.2) is 0 Å². The lowest BCUT2D eigenvalue weighted by Crippen LogP contribution is -2.16. The molecule has 72 valence electrons. The zero-order valence-electron chi connectivity index (χ0n) is 7.86. The van der Waals surface area contributed by atoms with Crippen LogP contribution in [-0.2, 0) is 0 Å². The second-order valence-electron chi connectivity index (χ2n) is 3.51. The maximum Gasteiger partial charge on any atom is 0.120 e. The summed E-state index contributed by atoms with van der Waals surface area (Å²) in [6.07, 6.45) is 0. The highest BCUT2D eigenvalue weighted by Gasteiger charge is 2.14. The average Bonchev–Trinajstić information content (AvgIpc) is 2.08. The predicted molar refractivity (Wildman–Crippen MR) is 57.1 cm³/mol. The van der Waals surface area contributed by atoms with Gasteiger partial charge in [0.05, 0.1) is 0 Å². The highest BCUT2D eigenvalue weighted by Crippen LogP contribution is 2.29. The Kier molecular flexibility index (Phi) is 3.22. The van der Waals surface area contributed by atoms with Gasteiger partial charge >= 0.3 is 0 Å². The third-order valence-corrected chi connectivity index (χ3v) is 2.37. The van der Waals surface area contributed by atoms with Gasteiger partial charge in [-0.05, 0) is 24.1 Å². The summed E-state index contributed by atoms with van der Waals surface area (Å²) in [7, 11) is 0. The average molecular weight is 197 g/mol. The van der Waals surface area contributed by atoms with Crippen molar-refractivity contribution in [2.75, 3.05) is 0 Å². The van der Waals surface area contributed by atoms with Crippen LogP contribution in [0.4, 0.5) is 0 Å². The molecule has 0 bridgehead atoms. The fourth-order valence-electron chi connectivity index (χ4n) is 1.17. The molecule has 0 amide bonds. The van der Waals surface area contributed by atoms with Crippen LogP contribution in [0.3, 0.4) is 0 Å². The van der Waals surface area contributed by atoms with E-state index in [0.717, 1.165) is 10.5 Å². The van der Waals surface area contributed by atoms with Crippen LogP contribution in [0, 0.1) is 5.92 Å². The van der Waals surface area contributed by atoms with E-state index in [4.69, 9.17) is 5.73 Å². The molecule has 0 aliphatic heterocycles. The van der Waals surface area contributed by atoms with Crippen LogP contribution in [0.2, 0.25) is 0 Å². The minimum atomic E-state index is -0.132. The molecule has 3 heteroatoms. The lowest BCUT2D eigenvalue weighted by Gasteiger charge is -2.17. The van der Waals surface area contributed by atoms with Crippen molar-refractivity contribution >= 4 is 12.6 Å². The van der Waals surface area contributed by atoms with Crippen molar-refractivity contribution in [1.82, 2.24) is 0 Å². The van der Waals surface area contributed by atoms with Crippen molar-refractivity contribution in [3.05, 3.63) is 23.8 Å². The quantitative estimate of drug-likeness (QED) is 0.637. The molecule has 13 heavy (non-hydrogen) atoms. The number of nitrogens with two attached hydrogens (primary N) is 1. The molecule has 0 saturated heterocycles. The molecule has 1 aromatic rings. The van der Waals surface area contributed by atoms with Gasteiger partial charge in [0.25, 0.3) is 0 Å². The Morgan fingerprint density at radius 2 is 2.00 bits per heavy atom. The topological polar surface area (TPSA) is 46.2 Å². The van der Waals surface area contributed by atoms with Crippen molar-refractivity contribution in [2.45, 2.75) is 24.8 Å².